The lowest BCUT2D eigenvalue weighted by Gasteiger charge is -2.11. The molecular formula is C19H18O. The fourth-order valence-electron chi connectivity index (χ4n) is 2.44. The minimum atomic E-state index is 0.757. The number of fused-ring (bicyclic) bond motifs is 1. The molecule has 0 aliphatic rings. The molecule has 0 spiro atoms. The lowest BCUT2D eigenvalue weighted by molar-refractivity contribution is 0.318. The van der Waals surface area contributed by atoms with Gasteiger partial charge >= 0.3 is 0 Å². The molecule has 0 radical (unpaired) electrons. The van der Waals surface area contributed by atoms with Crippen molar-refractivity contribution in [2.45, 2.75) is 13.3 Å². The maximum absolute atomic E-state index is 5.83. The zero-order valence-electron chi connectivity index (χ0n) is 11.7. The van der Waals surface area contributed by atoms with E-state index in [-0.39, 0.29) is 0 Å². The highest BCUT2D eigenvalue weighted by molar-refractivity contribution is 5.97. The number of rotatable bonds is 4. The Bertz CT molecular complexity index is 701. The van der Waals surface area contributed by atoms with Crippen LogP contribution >= 0.6 is 0 Å². The maximum Gasteiger partial charge on any atom is 0.120 e. The second-order valence-corrected chi connectivity index (χ2v) is 4.91. The van der Waals surface area contributed by atoms with Crippen molar-refractivity contribution >= 4 is 10.8 Å². The van der Waals surface area contributed by atoms with Crippen molar-refractivity contribution in [3.05, 3.63) is 66.7 Å². The smallest absolute Gasteiger partial charge is 0.120 e. The highest BCUT2D eigenvalue weighted by Crippen LogP contribution is 2.32. The number of benzene rings is 3. The standard InChI is InChI=1S/C19H18O/c1-2-12-20-17-13-16-10-6-7-11-18(16)19(14-17)15-8-4-3-5-9-15/h3-11,13-14H,2,12H2,1H3. The molecule has 0 amide bonds. The summed E-state index contributed by atoms with van der Waals surface area (Å²) in [7, 11) is 0. The molecule has 0 aliphatic heterocycles. The fraction of sp³-hybridized carbons (Fsp3) is 0.158. The third-order valence-corrected chi connectivity index (χ3v) is 3.39. The summed E-state index contributed by atoms with van der Waals surface area (Å²) in [6.45, 7) is 2.88. The van der Waals surface area contributed by atoms with E-state index in [0.717, 1.165) is 18.8 Å². The molecule has 1 heteroatoms. The van der Waals surface area contributed by atoms with Crippen LogP contribution in [0.2, 0.25) is 0 Å². The molecule has 3 rings (SSSR count). The quantitative estimate of drug-likeness (QED) is 0.620. The summed E-state index contributed by atoms with van der Waals surface area (Å²) in [4.78, 5) is 0. The van der Waals surface area contributed by atoms with Gasteiger partial charge < -0.3 is 4.74 Å². The first-order valence-electron chi connectivity index (χ1n) is 7.09. The van der Waals surface area contributed by atoms with Gasteiger partial charge in [-0.15, -0.1) is 0 Å². The normalized spacial score (nSPS) is 10.7. The lowest BCUT2D eigenvalue weighted by Crippen LogP contribution is -1.95. The van der Waals surface area contributed by atoms with Gasteiger partial charge in [0, 0.05) is 0 Å². The van der Waals surface area contributed by atoms with Crippen LogP contribution in [-0.4, -0.2) is 6.61 Å². The van der Waals surface area contributed by atoms with E-state index in [0.29, 0.717) is 0 Å². The van der Waals surface area contributed by atoms with Crippen LogP contribution in [0.5, 0.6) is 5.75 Å². The highest BCUT2D eigenvalue weighted by atomic mass is 16.5. The Kier molecular flexibility index (Phi) is 3.69. The maximum atomic E-state index is 5.83. The monoisotopic (exact) mass is 262 g/mol. The van der Waals surface area contributed by atoms with Crippen molar-refractivity contribution in [1.82, 2.24) is 0 Å². The fourth-order valence-corrected chi connectivity index (χ4v) is 2.44. The van der Waals surface area contributed by atoms with Gasteiger partial charge in [-0.25, -0.2) is 0 Å². The minimum absolute atomic E-state index is 0.757. The summed E-state index contributed by atoms with van der Waals surface area (Å²) < 4.78 is 5.83. The third kappa shape index (κ3) is 2.53. The van der Waals surface area contributed by atoms with E-state index in [1.54, 1.807) is 0 Å². The molecule has 0 aromatic heterocycles. The van der Waals surface area contributed by atoms with Crippen molar-refractivity contribution in [3.63, 3.8) is 0 Å². The molecule has 0 bridgehead atoms. The second-order valence-electron chi connectivity index (χ2n) is 4.91. The predicted octanol–water partition coefficient (Wildman–Crippen LogP) is 5.30. The Morgan fingerprint density at radius 2 is 1.60 bits per heavy atom. The molecule has 3 aromatic rings. The third-order valence-electron chi connectivity index (χ3n) is 3.39. The first-order valence-corrected chi connectivity index (χ1v) is 7.09. The first-order chi connectivity index (χ1) is 9.88. The molecule has 1 nitrogen and oxygen atoms in total. The van der Waals surface area contributed by atoms with Crippen LogP contribution < -0.4 is 4.74 Å². The zero-order valence-corrected chi connectivity index (χ0v) is 11.7. The Morgan fingerprint density at radius 3 is 2.40 bits per heavy atom. The van der Waals surface area contributed by atoms with Gasteiger partial charge in [0.25, 0.3) is 0 Å². The summed E-state index contributed by atoms with van der Waals surface area (Å²) in [5.74, 6) is 0.949. The van der Waals surface area contributed by atoms with Crippen molar-refractivity contribution in [3.8, 4) is 16.9 Å². The minimum Gasteiger partial charge on any atom is -0.494 e. The Balaban J connectivity index is 2.17. The van der Waals surface area contributed by atoms with Gasteiger partial charge in [0.1, 0.15) is 5.75 Å². The van der Waals surface area contributed by atoms with E-state index in [4.69, 9.17) is 4.74 Å². The van der Waals surface area contributed by atoms with Gasteiger partial charge in [0.2, 0.25) is 0 Å². The molecule has 0 unspecified atom stereocenters. The van der Waals surface area contributed by atoms with Crippen molar-refractivity contribution in [1.29, 1.82) is 0 Å². The molecule has 0 heterocycles. The average molecular weight is 262 g/mol. The SMILES string of the molecule is CCCOc1cc(-c2ccccc2)c2ccccc2c1. The van der Waals surface area contributed by atoms with Gasteiger partial charge in [0.05, 0.1) is 6.61 Å². The van der Waals surface area contributed by atoms with Crippen LogP contribution in [0.4, 0.5) is 0 Å². The van der Waals surface area contributed by atoms with Crippen LogP contribution in [0.1, 0.15) is 13.3 Å². The molecule has 20 heavy (non-hydrogen) atoms. The van der Waals surface area contributed by atoms with Crippen LogP contribution in [0.3, 0.4) is 0 Å². The molecule has 0 N–H and O–H groups in total. The molecule has 0 atom stereocenters. The molecule has 3 aromatic carbocycles. The van der Waals surface area contributed by atoms with Crippen LogP contribution in [0, 0.1) is 0 Å². The summed E-state index contributed by atoms with van der Waals surface area (Å²) in [6, 6.07) is 23.2. The molecular weight excluding hydrogens is 244 g/mol. The van der Waals surface area contributed by atoms with E-state index in [1.165, 1.54) is 21.9 Å². The molecule has 0 aliphatic carbocycles. The second kappa shape index (κ2) is 5.79. The number of ether oxygens (including phenoxy) is 1. The predicted molar refractivity (Wildman–Crippen MR) is 85.2 cm³/mol. The Morgan fingerprint density at radius 1 is 0.850 bits per heavy atom. The van der Waals surface area contributed by atoms with Crippen molar-refractivity contribution in [2.24, 2.45) is 0 Å². The van der Waals surface area contributed by atoms with Crippen molar-refractivity contribution in [2.75, 3.05) is 6.61 Å². The summed E-state index contributed by atoms with van der Waals surface area (Å²) >= 11 is 0. The molecule has 0 saturated carbocycles. The largest absolute Gasteiger partial charge is 0.494 e. The van der Waals surface area contributed by atoms with Gasteiger partial charge in [-0.05, 0) is 40.5 Å². The molecule has 0 fully saturated rings. The first kappa shape index (κ1) is 12.7. The highest BCUT2D eigenvalue weighted by Gasteiger charge is 2.06. The van der Waals surface area contributed by atoms with E-state index < -0.39 is 0 Å². The van der Waals surface area contributed by atoms with E-state index in [1.807, 2.05) is 6.07 Å². The van der Waals surface area contributed by atoms with Gasteiger partial charge in [-0.1, -0.05) is 61.5 Å². The van der Waals surface area contributed by atoms with Gasteiger partial charge in [0.15, 0.2) is 0 Å². The average Bonchev–Trinajstić information content (AvgIpc) is 2.53. The Labute approximate surface area is 119 Å². The summed E-state index contributed by atoms with van der Waals surface area (Å²) in [6.07, 6.45) is 1.02. The number of hydrogen-bond acceptors (Lipinski definition) is 1. The topological polar surface area (TPSA) is 9.23 Å². The number of hydrogen-bond donors (Lipinski definition) is 0. The summed E-state index contributed by atoms with van der Waals surface area (Å²) in [5, 5.41) is 2.49. The summed E-state index contributed by atoms with van der Waals surface area (Å²) in [5.41, 5.74) is 2.46. The van der Waals surface area contributed by atoms with E-state index in [9.17, 15) is 0 Å². The van der Waals surface area contributed by atoms with Gasteiger partial charge in [-0.3, -0.25) is 0 Å². The van der Waals surface area contributed by atoms with Crippen LogP contribution in [-0.2, 0) is 0 Å². The Hall–Kier alpha value is -2.28. The van der Waals surface area contributed by atoms with Gasteiger partial charge in [-0.2, -0.15) is 0 Å². The zero-order chi connectivity index (χ0) is 13.8. The van der Waals surface area contributed by atoms with Crippen LogP contribution in [0.15, 0.2) is 66.7 Å². The van der Waals surface area contributed by atoms with E-state index >= 15 is 0 Å². The molecule has 0 saturated heterocycles. The van der Waals surface area contributed by atoms with Crippen LogP contribution in [0.25, 0.3) is 21.9 Å². The van der Waals surface area contributed by atoms with Crippen molar-refractivity contribution < 1.29 is 4.74 Å². The lowest BCUT2D eigenvalue weighted by atomic mass is 9.98. The van der Waals surface area contributed by atoms with E-state index in [2.05, 4.69) is 67.6 Å². The molecule has 100 valence electrons.